The number of furan rings is 1. The van der Waals surface area contributed by atoms with E-state index in [1.54, 1.807) is 19.4 Å². The van der Waals surface area contributed by atoms with Crippen molar-refractivity contribution in [1.82, 2.24) is 15.4 Å². The summed E-state index contributed by atoms with van der Waals surface area (Å²) < 4.78 is 21.5. The third kappa shape index (κ3) is 4.49. The van der Waals surface area contributed by atoms with Gasteiger partial charge in [-0.25, -0.2) is 0 Å². The molecule has 1 N–H and O–H groups in total. The van der Waals surface area contributed by atoms with Crippen LogP contribution in [-0.2, 0) is 4.74 Å². The molecule has 152 valence electrons. The number of hydrogen-bond donors (Lipinski definition) is 1. The standard InChI is InChI=1S/C21H23N3O5/c1-26-16-6-4-15(5-7-16)20-13-17(23-29-20)21(25)22-14-18(19-3-2-10-28-19)24-8-11-27-12-9-24/h2-7,10,13,18H,8-9,11-12,14H2,1H3,(H,22,25). The average Bonchev–Trinajstić information content (AvgIpc) is 3.47. The van der Waals surface area contributed by atoms with Gasteiger partial charge < -0.3 is 23.7 Å². The van der Waals surface area contributed by atoms with Gasteiger partial charge in [-0.3, -0.25) is 9.69 Å². The summed E-state index contributed by atoms with van der Waals surface area (Å²) in [6, 6.07) is 12.7. The lowest BCUT2D eigenvalue weighted by atomic mass is 10.1. The fourth-order valence-electron chi connectivity index (χ4n) is 3.33. The Morgan fingerprint density at radius 1 is 1.24 bits per heavy atom. The highest BCUT2D eigenvalue weighted by atomic mass is 16.5. The van der Waals surface area contributed by atoms with Crippen molar-refractivity contribution in [3.8, 4) is 17.1 Å². The van der Waals surface area contributed by atoms with E-state index in [9.17, 15) is 4.79 Å². The molecule has 1 aliphatic rings. The van der Waals surface area contributed by atoms with Gasteiger partial charge in [-0.15, -0.1) is 0 Å². The van der Waals surface area contributed by atoms with Crippen LogP contribution >= 0.6 is 0 Å². The van der Waals surface area contributed by atoms with E-state index >= 15 is 0 Å². The number of ether oxygens (including phenoxy) is 2. The van der Waals surface area contributed by atoms with Gasteiger partial charge in [0.05, 0.1) is 32.6 Å². The van der Waals surface area contributed by atoms with Gasteiger partial charge in [0.15, 0.2) is 11.5 Å². The van der Waals surface area contributed by atoms with Crippen molar-refractivity contribution in [3.63, 3.8) is 0 Å². The third-order valence-corrected chi connectivity index (χ3v) is 4.93. The summed E-state index contributed by atoms with van der Waals surface area (Å²) in [5.41, 5.74) is 1.05. The number of nitrogens with zero attached hydrogens (tertiary/aromatic N) is 2. The number of morpholine rings is 1. The largest absolute Gasteiger partial charge is 0.497 e. The molecule has 4 rings (SSSR count). The summed E-state index contributed by atoms with van der Waals surface area (Å²) in [4.78, 5) is 14.9. The van der Waals surface area contributed by atoms with Gasteiger partial charge in [0.2, 0.25) is 0 Å². The minimum atomic E-state index is -0.293. The Balaban J connectivity index is 1.42. The molecule has 0 saturated carbocycles. The van der Waals surface area contributed by atoms with Crippen molar-refractivity contribution < 1.29 is 23.2 Å². The summed E-state index contributed by atoms with van der Waals surface area (Å²) in [7, 11) is 1.61. The minimum absolute atomic E-state index is 0.0641. The van der Waals surface area contributed by atoms with Gasteiger partial charge in [-0.2, -0.15) is 0 Å². The van der Waals surface area contributed by atoms with Crippen LogP contribution in [0.1, 0.15) is 22.3 Å². The summed E-state index contributed by atoms with van der Waals surface area (Å²) >= 11 is 0. The molecule has 1 saturated heterocycles. The van der Waals surface area contributed by atoms with Crippen LogP contribution < -0.4 is 10.1 Å². The van der Waals surface area contributed by atoms with Gasteiger partial charge in [-0.1, -0.05) is 5.16 Å². The number of methoxy groups -OCH3 is 1. The van der Waals surface area contributed by atoms with Gasteiger partial charge >= 0.3 is 0 Å². The highest BCUT2D eigenvalue weighted by Gasteiger charge is 2.26. The molecular weight excluding hydrogens is 374 g/mol. The predicted molar refractivity (Wildman–Crippen MR) is 105 cm³/mol. The van der Waals surface area contributed by atoms with E-state index in [1.807, 2.05) is 36.4 Å². The SMILES string of the molecule is COc1ccc(-c2cc(C(=O)NCC(c3ccco3)N3CCOCC3)no2)cc1. The number of nitrogens with one attached hydrogen (secondary N) is 1. The predicted octanol–water partition coefficient (Wildman–Crippen LogP) is 2.75. The van der Waals surface area contributed by atoms with E-state index in [-0.39, 0.29) is 17.6 Å². The molecule has 1 aromatic carbocycles. The van der Waals surface area contributed by atoms with Crippen LogP contribution in [0.5, 0.6) is 5.75 Å². The van der Waals surface area contributed by atoms with Crippen LogP contribution in [0.4, 0.5) is 0 Å². The Bertz CT molecular complexity index is 914. The van der Waals surface area contributed by atoms with Crippen LogP contribution in [0, 0.1) is 0 Å². The van der Waals surface area contributed by atoms with Crippen molar-refractivity contribution in [2.75, 3.05) is 40.0 Å². The molecule has 0 spiro atoms. The summed E-state index contributed by atoms with van der Waals surface area (Å²) in [5.74, 6) is 1.79. The molecule has 1 aliphatic heterocycles. The molecule has 1 unspecified atom stereocenters. The van der Waals surface area contributed by atoms with Crippen LogP contribution in [0.3, 0.4) is 0 Å². The van der Waals surface area contributed by atoms with E-state index in [4.69, 9.17) is 18.4 Å². The van der Waals surface area contributed by atoms with Gasteiger partial charge in [0.25, 0.3) is 5.91 Å². The van der Waals surface area contributed by atoms with Gasteiger partial charge in [-0.05, 0) is 36.4 Å². The first-order chi connectivity index (χ1) is 14.2. The number of carbonyl (C=O) groups is 1. The highest BCUT2D eigenvalue weighted by Crippen LogP contribution is 2.24. The van der Waals surface area contributed by atoms with Crippen LogP contribution in [0.25, 0.3) is 11.3 Å². The average molecular weight is 397 g/mol. The van der Waals surface area contributed by atoms with E-state index in [2.05, 4.69) is 15.4 Å². The first kappa shape index (κ1) is 19.2. The minimum Gasteiger partial charge on any atom is -0.497 e. The summed E-state index contributed by atoms with van der Waals surface area (Å²) in [5, 5.41) is 6.86. The van der Waals surface area contributed by atoms with E-state index in [1.165, 1.54) is 0 Å². The molecule has 0 bridgehead atoms. The molecule has 2 aromatic heterocycles. The first-order valence-electron chi connectivity index (χ1n) is 9.49. The third-order valence-electron chi connectivity index (χ3n) is 4.93. The molecule has 1 fully saturated rings. The quantitative estimate of drug-likeness (QED) is 0.656. The molecule has 3 heterocycles. The molecule has 1 atom stereocenters. The second kappa shape index (κ2) is 8.93. The van der Waals surface area contributed by atoms with Crippen molar-refractivity contribution in [2.45, 2.75) is 6.04 Å². The maximum absolute atomic E-state index is 12.6. The molecular formula is C21H23N3O5. The van der Waals surface area contributed by atoms with Crippen molar-refractivity contribution in [3.05, 3.63) is 60.2 Å². The second-order valence-electron chi connectivity index (χ2n) is 6.69. The smallest absolute Gasteiger partial charge is 0.273 e. The van der Waals surface area contributed by atoms with Gasteiger partial charge in [0, 0.05) is 31.3 Å². The Hall–Kier alpha value is -3.10. The lowest BCUT2D eigenvalue weighted by Gasteiger charge is -2.33. The van der Waals surface area contributed by atoms with Crippen molar-refractivity contribution in [2.24, 2.45) is 0 Å². The van der Waals surface area contributed by atoms with Crippen molar-refractivity contribution >= 4 is 5.91 Å². The van der Waals surface area contributed by atoms with E-state index in [0.29, 0.717) is 25.5 Å². The molecule has 0 aliphatic carbocycles. The molecule has 1 amide bonds. The number of hydrogen-bond acceptors (Lipinski definition) is 7. The second-order valence-corrected chi connectivity index (χ2v) is 6.69. The monoisotopic (exact) mass is 397 g/mol. The lowest BCUT2D eigenvalue weighted by Crippen LogP contribution is -2.43. The van der Waals surface area contributed by atoms with Crippen LogP contribution in [0.15, 0.2) is 57.7 Å². The zero-order valence-electron chi connectivity index (χ0n) is 16.2. The maximum atomic E-state index is 12.6. The van der Waals surface area contributed by atoms with Crippen LogP contribution in [0.2, 0.25) is 0 Å². The number of rotatable bonds is 7. The van der Waals surface area contributed by atoms with Gasteiger partial charge in [0.1, 0.15) is 11.5 Å². The fourth-order valence-corrected chi connectivity index (χ4v) is 3.33. The molecule has 8 nitrogen and oxygen atoms in total. The summed E-state index contributed by atoms with van der Waals surface area (Å²) in [6.07, 6.45) is 1.64. The Morgan fingerprint density at radius 3 is 2.72 bits per heavy atom. The van der Waals surface area contributed by atoms with Crippen LogP contribution in [-0.4, -0.2) is 55.9 Å². The molecule has 3 aromatic rings. The zero-order valence-corrected chi connectivity index (χ0v) is 16.2. The number of amides is 1. The fraction of sp³-hybridized carbons (Fsp3) is 0.333. The number of carbonyl (C=O) groups excluding carboxylic acids is 1. The van der Waals surface area contributed by atoms with E-state index in [0.717, 1.165) is 30.2 Å². The molecule has 29 heavy (non-hydrogen) atoms. The summed E-state index contributed by atoms with van der Waals surface area (Å²) in [6.45, 7) is 3.30. The highest BCUT2D eigenvalue weighted by molar-refractivity contribution is 5.93. The topological polar surface area (TPSA) is 90.0 Å². The van der Waals surface area contributed by atoms with Crippen molar-refractivity contribution in [1.29, 1.82) is 0 Å². The lowest BCUT2D eigenvalue weighted by molar-refractivity contribution is 0.0118. The zero-order chi connectivity index (χ0) is 20.1. The Morgan fingerprint density at radius 2 is 2.03 bits per heavy atom. The molecule has 0 radical (unpaired) electrons. The van der Waals surface area contributed by atoms with E-state index < -0.39 is 0 Å². The number of benzene rings is 1. The Labute approximate surface area is 168 Å². The first-order valence-corrected chi connectivity index (χ1v) is 9.49. The number of aromatic nitrogens is 1. The Kier molecular flexibility index (Phi) is 5.92. The molecule has 8 heteroatoms. The maximum Gasteiger partial charge on any atom is 0.273 e. The normalized spacial score (nSPS) is 15.8.